The Bertz CT molecular complexity index is 959. The fourth-order valence-corrected chi connectivity index (χ4v) is 6.37. The van der Waals surface area contributed by atoms with Gasteiger partial charge < -0.3 is 29.2 Å². The van der Waals surface area contributed by atoms with Gasteiger partial charge in [-0.25, -0.2) is 19.2 Å². The highest BCUT2D eigenvalue weighted by molar-refractivity contribution is 5.86. The number of hydrogen-bond acceptors (Lipinski definition) is 8. The second-order valence-corrected chi connectivity index (χ2v) is 12.2. The molecular weight excluding hydrogens is 504 g/mol. The number of esters is 2. The highest BCUT2D eigenvalue weighted by Crippen LogP contribution is 2.51. The van der Waals surface area contributed by atoms with Crippen LogP contribution in [0.15, 0.2) is 24.8 Å². The van der Waals surface area contributed by atoms with Crippen molar-refractivity contribution in [1.29, 1.82) is 0 Å². The molecule has 1 saturated heterocycles. The molecule has 218 valence electrons. The number of nitrogens with zero attached hydrogens (tertiary/aromatic N) is 1. The molecule has 1 aliphatic heterocycles. The highest BCUT2D eigenvalue weighted by atomic mass is 16.6. The van der Waals surface area contributed by atoms with Crippen LogP contribution in [0.5, 0.6) is 0 Å². The van der Waals surface area contributed by atoms with Crippen LogP contribution in [0.1, 0.15) is 72.6 Å². The molecule has 0 spiro atoms. The fraction of sp³-hybridized carbons (Fsp3) is 0.724. The minimum absolute atomic E-state index is 0.0523. The first-order valence-electron chi connectivity index (χ1n) is 13.9. The first kappa shape index (κ1) is 30.5. The molecule has 1 N–H and O–H groups in total. The second kappa shape index (κ2) is 12.9. The molecule has 2 amide bonds. The van der Waals surface area contributed by atoms with Crippen molar-refractivity contribution in [2.75, 3.05) is 26.4 Å². The molecule has 0 aromatic rings. The summed E-state index contributed by atoms with van der Waals surface area (Å²) in [5.41, 5.74) is -0.296. The molecule has 3 aliphatic rings. The van der Waals surface area contributed by atoms with Crippen molar-refractivity contribution in [3.05, 3.63) is 24.8 Å². The molecule has 10 heteroatoms. The molecule has 0 aromatic carbocycles. The van der Waals surface area contributed by atoms with Gasteiger partial charge in [0.15, 0.2) is 0 Å². The van der Waals surface area contributed by atoms with E-state index in [4.69, 9.17) is 18.9 Å². The predicted octanol–water partition coefficient (Wildman–Crippen LogP) is 4.53. The van der Waals surface area contributed by atoms with Crippen molar-refractivity contribution >= 4 is 24.1 Å². The molecule has 2 bridgehead atoms. The van der Waals surface area contributed by atoms with Gasteiger partial charge >= 0.3 is 24.1 Å². The quantitative estimate of drug-likeness (QED) is 0.240. The summed E-state index contributed by atoms with van der Waals surface area (Å²) in [6.07, 6.45) is 5.57. The maximum absolute atomic E-state index is 13.2. The van der Waals surface area contributed by atoms with E-state index in [1.165, 1.54) is 6.08 Å². The van der Waals surface area contributed by atoms with Crippen LogP contribution in [-0.2, 0) is 28.5 Å². The van der Waals surface area contributed by atoms with Gasteiger partial charge in [-0.15, -0.1) is 0 Å². The molecule has 3 fully saturated rings. The van der Waals surface area contributed by atoms with Crippen molar-refractivity contribution in [3.63, 3.8) is 0 Å². The lowest BCUT2D eigenvalue weighted by Crippen LogP contribution is -2.51. The third-order valence-corrected chi connectivity index (χ3v) is 8.11. The standard InChI is InChI=1S/C29H44N2O8/c1-7-24(32)36-15-21-8-10-22(11-9-21)16-38-27(35)31-18-28(5)12-23(13-29(31,6)17-28)30-26(34)39-20(4)14-37-25(33)19(2)3/h7,20-23H,1-2,8-18H2,3-6H3,(H,30,34)/t20?,21?,22?,23?,28-,29?/m0/s1. The summed E-state index contributed by atoms with van der Waals surface area (Å²) in [5.74, 6) is -0.286. The molecule has 3 unspecified atom stereocenters. The molecule has 0 radical (unpaired) electrons. The maximum atomic E-state index is 13.2. The Labute approximate surface area is 231 Å². The van der Waals surface area contributed by atoms with Crippen molar-refractivity contribution in [2.24, 2.45) is 17.3 Å². The highest BCUT2D eigenvalue weighted by Gasteiger charge is 2.56. The Balaban J connectivity index is 1.44. The van der Waals surface area contributed by atoms with Crippen LogP contribution >= 0.6 is 0 Å². The van der Waals surface area contributed by atoms with Crippen LogP contribution < -0.4 is 5.32 Å². The lowest BCUT2D eigenvalue weighted by atomic mass is 9.70. The molecule has 10 nitrogen and oxygen atoms in total. The minimum Gasteiger partial charge on any atom is -0.462 e. The van der Waals surface area contributed by atoms with E-state index in [0.29, 0.717) is 38.0 Å². The van der Waals surface area contributed by atoms with E-state index in [0.717, 1.165) is 38.5 Å². The Kier molecular flexibility index (Phi) is 10.1. The molecule has 0 aromatic heterocycles. The van der Waals surface area contributed by atoms with Gasteiger partial charge in [0.25, 0.3) is 0 Å². The zero-order valence-electron chi connectivity index (χ0n) is 23.8. The van der Waals surface area contributed by atoms with Crippen LogP contribution in [0.25, 0.3) is 0 Å². The van der Waals surface area contributed by atoms with E-state index >= 15 is 0 Å². The summed E-state index contributed by atoms with van der Waals surface area (Å²) in [6.45, 7) is 15.6. The van der Waals surface area contributed by atoms with E-state index in [2.05, 4.69) is 25.4 Å². The molecule has 39 heavy (non-hydrogen) atoms. The van der Waals surface area contributed by atoms with E-state index in [1.54, 1.807) is 13.8 Å². The van der Waals surface area contributed by atoms with Crippen molar-refractivity contribution < 1.29 is 38.1 Å². The van der Waals surface area contributed by atoms with Gasteiger partial charge in [-0.3, -0.25) is 0 Å². The smallest absolute Gasteiger partial charge is 0.410 e. The van der Waals surface area contributed by atoms with Crippen molar-refractivity contribution in [2.45, 2.75) is 90.3 Å². The summed E-state index contributed by atoms with van der Waals surface area (Å²) in [4.78, 5) is 50.4. The lowest BCUT2D eigenvalue weighted by Gasteiger charge is -2.41. The van der Waals surface area contributed by atoms with E-state index in [1.807, 2.05) is 11.8 Å². The summed E-state index contributed by atoms with van der Waals surface area (Å²) < 4.78 is 21.4. The molecule has 2 saturated carbocycles. The number of hydrogen-bond donors (Lipinski definition) is 1. The average Bonchev–Trinajstić information content (AvgIpc) is 3.07. The largest absolute Gasteiger partial charge is 0.462 e. The lowest BCUT2D eigenvalue weighted by molar-refractivity contribution is -0.141. The molecule has 1 heterocycles. The SMILES string of the molecule is C=CC(=O)OCC1CCC(COC(=O)N2C[C@@]3(C)CC(NC(=O)OC(C)COC(=O)C(=C)C)CC2(C)C3)CC1. The number of amides is 2. The first-order chi connectivity index (χ1) is 18.3. The Morgan fingerprint density at radius 1 is 1.03 bits per heavy atom. The molecule has 4 atom stereocenters. The van der Waals surface area contributed by atoms with Gasteiger partial charge in [-0.2, -0.15) is 0 Å². The molecular formula is C29H44N2O8. The average molecular weight is 549 g/mol. The number of likely N-dealkylation sites (tertiary alicyclic amines) is 1. The number of alkyl carbamates (subject to hydrolysis) is 1. The molecule has 2 aliphatic carbocycles. The number of carbonyl (C=O) groups is 4. The zero-order valence-corrected chi connectivity index (χ0v) is 23.8. The van der Waals surface area contributed by atoms with Crippen LogP contribution in [0.4, 0.5) is 9.59 Å². The zero-order chi connectivity index (χ0) is 28.8. The van der Waals surface area contributed by atoms with E-state index < -0.39 is 29.7 Å². The van der Waals surface area contributed by atoms with Gasteiger partial charge in [0.05, 0.1) is 13.2 Å². The fourth-order valence-electron chi connectivity index (χ4n) is 6.37. The van der Waals surface area contributed by atoms with Crippen molar-refractivity contribution in [1.82, 2.24) is 10.2 Å². The number of ether oxygens (including phenoxy) is 4. The van der Waals surface area contributed by atoms with Crippen LogP contribution in [0.3, 0.4) is 0 Å². The van der Waals surface area contributed by atoms with Crippen LogP contribution in [0.2, 0.25) is 0 Å². The topological polar surface area (TPSA) is 120 Å². The Morgan fingerprint density at radius 3 is 2.23 bits per heavy atom. The second-order valence-electron chi connectivity index (χ2n) is 12.2. The van der Waals surface area contributed by atoms with Gasteiger partial charge in [-0.1, -0.05) is 20.1 Å². The summed E-state index contributed by atoms with van der Waals surface area (Å²) in [5, 5.41) is 2.94. The number of rotatable bonds is 10. The van der Waals surface area contributed by atoms with Gasteiger partial charge in [0.1, 0.15) is 12.7 Å². The summed E-state index contributed by atoms with van der Waals surface area (Å²) >= 11 is 0. The Morgan fingerprint density at radius 2 is 1.64 bits per heavy atom. The van der Waals surface area contributed by atoms with Crippen molar-refractivity contribution in [3.8, 4) is 0 Å². The van der Waals surface area contributed by atoms with Gasteiger partial charge in [0.2, 0.25) is 0 Å². The summed E-state index contributed by atoms with van der Waals surface area (Å²) in [7, 11) is 0. The first-order valence-corrected chi connectivity index (χ1v) is 13.9. The third-order valence-electron chi connectivity index (χ3n) is 8.11. The predicted molar refractivity (Wildman–Crippen MR) is 144 cm³/mol. The van der Waals surface area contributed by atoms with Crippen LogP contribution in [-0.4, -0.2) is 73.1 Å². The maximum Gasteiger partial charge on any atom is 0.410 e. The summed E-state index contributed by atoms with van der Waals surface area (Å²) in [6, 6.07) is -0.158. The number of carbonyl (C=O) groups excluding carboxylic acids is 4. The number of nitrogens with one attached hydrogen (secondary N) is 1. The number of fused-ring (bicyclic) bond motifs is 2. The molecule has 3 rings (SSSR count). The Hall–Kier alpha value is -3.04. The minimum atomic E-state index is -0.608. The van der Waals surface area contributed by atoms with E-state index in [9.17, 15) is 19.2 Å². The van der Waals surface area contributed by atoms with Gasteiger partial charge in [-0.05, 0) is 83.0 Å². The van der Waals surface area contributed by atoms with Gasteiger partial charge in [0, 0.05) is 29.8 Å². The third kappa shape index (κ3) is 8.47. The van der Waals surface area contributed by atoms with Crippen LogP contribution in [0, 0.1) is 17.3 Å². The normalized spacial score (nSPS) is 30.5. The monoisotopic (exact) mass is 548 g/mol. The van der Waals surface area contributed by atoms with E-state index in [-0.39, 0.29) is 29.7 Å².